The van der Waals surface area contributed by atoms with E-state index in [1.807, 2.05) is 49.4 Å². The molecular formula is C26H29N7O4. The number of nitrogens with zero attached hydrogens (tertiary/aromatic N) is 6. The van der Waals surface area contributed by atoms with Gasteiger partial charge in [0.25, 0.3) is 0 Å². The number of ether oxygens (including phenoxy) is 1. The van der Waals surface area contributed by atoms with E-state index in [9.17, 15) is 9.90 Å². The zero-order chi connectivity index (χ0) is 25.9. The van der Waals surface area contributed by atoms with Gasteiger partial charge in [-0.2, -0.15) is 0 Å². The van der Waals surface area contributed by atoms with E-state index >= 15 is 0 Å². The van der Waals surface area contributed by atoms with Crippen LogP contribution >= 0.6 is 0 Å². The molecule has 0 radical (unpaired) electrons. The normalized spacial score (nSPS) is 17.6. The zero-order valence-electron chi connectivity index (χ0n) is 20.8. The number of pyridine rings is 1. The summed E-state index contributed by atoms with van der Waals surface area (Å²) in [6, 6.07) is 13.5. The molecule has 1 saturated carbocycles. The van der Waals surface area contributed by atoms with Crippen LogP contribution in [0.25, 0.3) is 11.4 Å². The molecule has 0 bridgehead atoms. The number of nitrogens with one attached hydrogen (secondary N) is 1. The fraction of sp³-hybridized carbons (Fsp3) is 0.385. The number of carboxylic acid groups (broad SMARTS) is 1. The molecule has 37 heavy (non-hydrogen) atoms. The third-order valence-corrected chi connectivity index (χ3v) is 6.67. The Balaban J connectivity index is 1.34. The van der Waals surface area contributed by atoms with Gasteiger partial charge >= 0.3 is 11.7 Å². The first-order valence-corrected chi connectivity index (χ1v) is 12.3. The number of rotatable bonds is 8. The molecule has 0 amide bonds. The third kappa shape index (κ3) is 5.45. The van der Waals surface area contributed by atoms with Gasteiger partial charge in [-0.15, -0.1) is 10.2 Å². The van der Waals surface area contributed by atoms with E-state index in [1.54, 1.807) is 11.7 Å². The smallest absolute Gasteiger partial charge is 0.312 e. The SMILES string of the molecule is Cc1nc(-c2nnn(C)c2Cn2nc(Cc3ccccc3)oc2=N)ccc1O[C@H]1CCC[C@H](C(=O)O)C1. The molecule has 3 heterocycles. The van der Waals surface area contributed by atoms with Crippen molar-refractivity contribution in [3.63, 3.8) is 0 Å². The van der Waals surface area contributed by atoms with E-state index in [0.29, 0.717) is 48.0 Å². The van der Waals surface area contributed by atoms with Crippen LogP contribution in [0.2, 0.25) is 0 Å². The van der Waals surface area contributed by atoms with Gasteiger partial charge in [-0.3, -0.25) is 4.79 Å². The first kappa shape index (κ1) is 24.4. The number of aryl methyl sites for hydroxylation is 2. The fourth-order valence-corrected chi connectivity index (χ4v) is 4.67. The molecule has 4 aromatic rings. The largest absolute Gasteiger partial charge is 0.489 e. The van der Waals surface area contributed by atoms with Crippen LogP contribution in [0.3, 0.4) is 0 Å². The Labute approximate surface area is 213 Å². The summed E-state index contributed by atoms with van der Waals surface area (Å²) in [6.07, 6.45) is 3.21. The summed E-state index contributed by atoms with van der Waals surface area (Å²) < 4.78 is 14.8. The lowest BCUT2D eigenvalue weighted by molar-refractivity contribution is -0.143. The van der Waals surface area contributed by atoms with E-state index in [4.69, 9.17) is 19.5 Å². The first-order valence-electron chi connectivity index (χ1n) is 12.3. The van der Waals surface area contributed by atoms with E-state index in [2.05, 4.69) is 15.4 Å². The van der Waals surface area contributed by atoms with Crippen LogP contribution in [0.15, 0.2) is 46.9 Å². The van der Waals surface area contributed by atoms with Crippen molar-refractivity contribution in [2.45, 2.75) is 51.7 Å². The van der Waals surface area contributed by atoms with Crippen LogP contribution in [0.5, 0.6) is 5.75 Å². The van der Waals surface area contributed by atoms with Crippen molar-refractivity contribution < 1.29 is 19.1 Å². The second-order valence-electron chi connectivity index (χ2n) is 9.35. The molecular weight excluding hydrogens is 474 g/mol. The minimum atomic E-state index is -0.762. The third-order valence-electron chi connectivity index (χ3n) is 6.67. The number of benzene rings is 1. The van der Waals surface area contributed by atoms with E-state index in [0.717, 1.165) is 24.1 Å². The zero-order valence-corrected chi connectivity index (χ0v) is 20.8. The van der Waals surface area contributed by atoms with E-state index in [-0.39, 0.29) is 24.3 Å². The molecule has 2 atom stereocenters. The lowest BCUT2D eigenvalue weighted by Crippen LogP contribution is -2.29. The van der Waals surface area contributed by atoms with Crippen molar-refractivity contribution in [3.8, 4) is 17.1 Å². The van der Waals surface area contributed by atoms with Gasteiger partial charge < -0.3 is 14.3 Å². The van der Waals surface area contributed by atoms with Gasteiger partial charge in [0.15, 0.2) is 0 Å². The molecule has 192 valence electrons. The van der Waals surface area contributed by atoms with Crippen LogP contribution < -0.4 is 10.4 Å². The van der Waals surface area contributed by atoms with Crippen LogP contribution in [0, 0.1) is 18.3 Å². The number of carboxylic acids is 1. The number of hydrogen-bond donors (Lipinski definition) is 2. The highest BCUT2D eigenvalue weighted by Gasteiger charge is 2.28. The average molecular weight is 504 g/mol. The summed E-state index contributed by atoms with van der Waals surface area (Å²) in [5, 5.41) is 30.6. The Morgan fingerprint density at radius 1 is 1.22 bits per heavy atom. The first-order chi connectivity index (χ1) is 17.9. The Morgan fingerprint density at radius 3 is 2.78 bits per heavy atom. The van der Waals surface area contributed by atoms with Crippen LogP contribution in [-0.2, 0) is 24.8 Å². The monoisotopic (exact) mass is 503 g/mol. The quantitative estimate of drug-likeness (QED) is 0.373. The molecule has 11 nitrogen and oxygen atoms in total. The lowest BCUT2D eigenvalue weighted by atomic mass is 9.87. The Hall–Kier alpha value is -4.28. The summed E-state index contributed by atoms with van der Waals surface area (Å²) in [5.74, 6) is -0.0365. The number of carbonyl (C=O) groups is 1. The van der Waals surface area contributed by atoms with Gasteiger partial charge in [-0.1, -0.05) is 35.5 Å². The molecule has 1 fully saturated rings. The molecule has 1 aliphatic rings. The highest BCUT2D eigenvalue weighted by Crippen LogP contribution is 2.30. The molecule has 0 saturated heterocycles. The lowest BCUT2D eigenvalue weighted by Gasteiger charge is -2.27. The van der Waals surface area contributed by atoms with E-state index in [1.165, 1.54) is 4.68 Å². The summed E-state index contributed by atoms with van der Waals surface area (Å²) in [5.41, 5.74) is 3.62. The van der Waals surface area contributed by atoms with Crippen molar-refractivity contribution in [3.05, 3.63) is 71.0 Å². The standard InChI is InChI=1S/C26H29N7O4/c1-16-22(36-19-10-6-9-18(14-19)25(34)35)12-11-20(28-16)24-21(32(2)31-29-24)15-33-26(27)37-23(30-33)13-17-7-4-3-5-8-17/h3-5,7-8,11-12,18-19,27H,6,9-10,13-15H2,1-2H3,(H,34,35)/t18-,19-/m0/s1. The van der Waals surface area contributed by atoms with Crippen molar-refractivity contribution in [1.82, 2.24) is 29.8 Å². The molecule has 5 rings (SSSR count). The molecule has 0 spiro atoms. The minimum Gasteiger partial charge on any atom is -0.489 e. The number of aromatic nitrogens is 6. The Morgan fingerprint density at radius 2 is 2.03 bits per heavy atom. The predicted octanol–water partition coefficient (Wildman–Crippen LogP) is 3.12. The summed E-state index contributed by atoms with van der Waals surface area (Å²) in [4.78, 5) is 16.1. The summed E-state index contributed by atoms with van der Waals surface area (Å²) >= 11 is 0. The van der Waals surface area contributed by atoms with Crippen molar-refractivity contribution >= 4 is 5.97 Å². The molecule has 3 aromatic heterocycles. The maximum Gasteiger partial charge on any atom is 0.312 e. The second-order valence-corrected chi connectivity index (χ2v) is 9.35. The molecule has 2 N–H and O–H groups in total. The highest BCUT2D eigenvalue weighted by molar-refractivity contribution is 5.70. The maximum absolute atomic E-state index is 11.4. The van der Waals surface area contributed by atoms with Crippen LogP contribution in [0.1, 0.15) is 48.5 Å². The summed E-state index contributed by atoms with van der Waals surface area (Å²) in [7, 11) is 1.78. The molecule has 0 aliphatic heterocycles. The maximum atomic E-state index is 11.4. The van der Waals surface area contributed by atoms with Crippen molar-refractivity contribution in [1.29, 1.82) is 5.41 Å². The van der Waals surface area contributed by atoms with Gasteiger partial charge in [0.2, 0.25) is 5.89 Å². The number of aliphatic carboxylic acids is 1. The topological polar surface area (TPSA) is 145 Å². The van der Waals surface area contributed by atoms with Gasteiger partial charge in [0.05, 0.1) is 42.1 Å². The Bertz CT molecular complexity index is 1460. The minimum absolute atomic E-state index is 0.0573. The molecule has 1 aromatic carbocycles. The molecule has 1 aliphatic carbocycles. The van der Waals surface area contributed by atoms with Crippen LogP contribution in [0.4, 0.5) is 0 Å². The van der Waals surface area contributed by atoms with Crippen molar-refractivity contribution in [2.75, 3.05) is 0 Å². The summed E-state index contributed by atoms with van der Waals surface area (Å²) in [6.45, 7) is 2.10. The van der Waals surface area contributed by atoms with Crippen LogP contribution in [-0.4, -0.2) is 46.9 Å². The fourth-order valence-electron chi connectivity index (χ4n) is 4.67. The van der Waals surface area contributed by atoms with Crippen molar-refractivity contribution in [2.24, 2.45) is 13.0 Å². The van der Waals surface area contributed by atoms with E-state index < -0.39 is 5.97 Å². The second kappa shape index (κ2) is 10.4. The predicted molar refractivity (Wildman–Crippen MR) is 132 cm³/mol. The highest BCUT2D eigenvalue weighted by atomic mass is 16.5. The van der Waals surface area contributed by atoms with Gasteiger partial charge in [0.1, 0.15) is 11.4 Å². The average Bonchev–Trinajstić information content (AvgIpc) is 3.42. The molecule has 0 unspecified atom stereocenters. The van der Waals surface area contributed by atoms with Gasteiger partial charge in [-0.05, 0) is 50.3 Å². The van der Waals surface area contributed by atoms with Gasteiger partial charge in [0, 0.05) is 7.05 Å². The number of hydrogen-bond acceptors (Lipinski definition) is 8. The Kier molecular flexibility index (Phi) is 6.85. The molecule has 11 heteroatoms. The van der Waals surface area contributed by atoms with Gasteiger partial charge in [-0.25, -0.2) is 19.8 Å².